The number of hydrogen-bond acceptors (Lipinski definition) is 4. The molecule has 0 aromatic rings. The standard InChI is InChI=1S/C18H31N3O3/c1-17(2,3)24-16(23)21-10-6-14(21)15(22)20-11-8-18(13-20)7-5-9-19(4)12-18/h14H,5-13H2,1-4H3/t14-,18+/m1/s1. The maximum Gasteiger partial charge on any atom is 0.410 e. The number of nitrogens with zero attached hydrogens (tertiary/aromatic N) is 3. The molecule has 136 valence electrons. The molecule has 6 heteroatoms. The monoisotopic (exact) mass is 337 g/mol. The molecule has 0 unspecified atom stereocenters. The summed E-state index contributed by atoms with van der Waals surface area (Å²) in [6.07, 6.45) is 3.90. The molecular weight excluding hydrogens is 306 g/mol. The highest BCUT2D eigenvalue weighted by Crippen LogP contribution is 2.39. The van der Waals surface area contributed by atoms with Crippen molar-refractivity contribution < 1.29 is 14.3 Å². The summed E-state index contributed by atoms with van der Waals surface area (Å²) in [4.78, 5) is 31.1. The topological polar surface area (TPSA) is 53.1 Å². The van der Waals surface area contributed by atoms with Crippen LogP contribution in [0.2, 0.25) is 0 Å². The number of carbonyl (C=O) groups is 2. The molecule has 0 aromatic carbocycles. The van der Waals surface area contributed by atoms with Crippen molar-refractivity contribution in [3.63, 3.8) is 0 Å². The molecule has 3 saturated heterocycles. The third-order valence-electron chi connectivity index (χ3n) is 5.53. The van der Waals surface area contributed by atoms with Crippen LogP contribution >= 0.6 is 0 Å². The Morgan fingerprint density at radius 1 is 1.08 bits per heavy atom. The van der Waals surface area contributed by atoms with Gasteiger partial charge in [-0.1, -0.05) is 0 Å². The summed E-state index contributed by atoms with van der Waals surface area (Å²) >= 11 is 0. The molecule has 1 spiro atoms. The van der Waals surface area contributed by atoms with Crippen molar-refractivity contribution in [3.8, 4) is 0 Å². The fourth-order valence-electron chi connectivity index (χ4n) is 4.30. The second-order valence-corrected chi connectivity index (χ2v) is 8.83. The van der Waals surface area contributed by atoms with Crippen molar-refractivity contribution in [1.82, 2.24) is 14.7 Å². The van der Waals surface area contributed by atoms with E-state index in [1.54, 1.807) is 4.90 Å². The number of carbonyl (C=O) groups excluding carboxylic acids is 2. The molecule has 0 saturated carbocycles. The van der Waals surface area contributed by atoms with Gasteiger partial charge in [0.15, 0.2) is 0 Å². The highest BCUT2D eigenvalue weighted by molar-refractivity contribution is 5.87. The van der Waals surface area contributed by atoms with Crippen molar-refractivity contribution in [1.29, 1.82) is 0 Å². The van der Waals surface area contributed by atoms with Crippen LogP contribution in [-0.4, -0.2) is 78.1 Å². The van der Waals surface area contributed by atoms with Crippen LogP contribution in [0.1, 0.15) is 46.5 Å². The largest absolute Gasteiger partial charge is 0.444 e. The molecule has 0 bridgehead atoms. The minimum atomic E-state index is -0.523. The first-order chi connectivity index (χ1) is 11.2. The molecule has 3 rings (SSSR count). The molecule has 24 heavy (non-hydrogen) atoms. The molecule has 0 aromatic heterocycles. The van der Waals surface area contributed by atoms with E-state index < -0.39 is 5.60 Å². The van der Waals surface area contributed by atoms with Crippen molar-refractivity contribution in [2.75, 3.05) is 39.8 Å². The minimum Gasteiger partial charge on any atom is -0.444 e. The van der Waals surface area contributed by atoms with Gasteiger partial charge in [-0.2, -0.15) is 0 Å². The summed E-state index contributed by atoms with van der Waals surface area (Å²) in [5.74, 6) is 0.109. The third-order valence-corrected chi connectivity index (χ3v) is 5.53. The quantitative estimate of drug-likeness (QED) is 0.734. The number of hydrogen-bond donors (Lipinski definition) is 0. The average Bonchev–Trinajstić information content (AvgIpc) is 2.78. The van der Waals surface area contributed by atoms with Gasteiger partial charge in [0.05, 0.1) is 0 Å². The molecule has 2 atom stereocenters. The van der Waals surface area contributed by atoms with E-state index >= 15 is 0 Å². The normalized spacial score (nSPS) is 31.2. The van der Waals surface area contributed by atoms with E-state index in [2.05, 4.69) is 11.9 Å². The Bertz CT molecular complexity index is 516. The molecule has 3 fully saturated rings. The lowest BCUT2D eigenvalue weighted by atomic mass is 9.79. The van der Waals surface area contributed by atoms with Gasteiger partial charge in [0.2, 0.25) is 5.91 Å². The van der Waals surface area contributed by atoms with Gasteiger partial charge in [0, 0.05) is 31.6 Å². The van der Waals surface area contributed by atoms with Crippen LogP contribution in [0.5, 0.6) is 0 Å². The molecule has 0 aliphatic carbocycles. The van der Waals surface area contributed by atoms with Crippen molar-refractivity contribution >= 4 is 12.0 Å². The predicted octanol–water partition coefficient (Wildman–Crippen LogP) is 1.94. The van der Waals surface area contributed by atoms with Gasteiger partial charge < -0.3 is 14.5 Å². The van der Waals surface area contributed by atoms with Crippen LogP contribution in [0.3, 0.4) is 0 Å². The van der Waals surface area contributed by atoms with Crippen LogP contribution in [-0.2, 0) is 9.53 Å². The van der Waals surface area contributed by atoms with Gasteiger partial charge in [0.1, 0.15) is 11.6 Å². The third kappa shape index (κ3) is 3.53. The Morgan fingerprint density at radius 3 is 2.42 bits per heavy atom. The summed E-state index contributed by atoms with van der Waals surface area (Å²) in [5, 5.41) is 0. The van der Waals surface area contributed by atoms with Crippen LogP contribution in [0, 0.1) is 5.41 Å². The van der Waals surface area contributed by atoms with Gasteiger partial charge in [-0.15, -0.1) is 0 Å². The van der Waals surface area contributed by atoms with Crippen LogP contribution in [0.25, 0.3) is 0 Å². The van der Waals surface area contributed by atoms with Gasteiger partial charge in [-0.3, -0.25) is 9.69 Å². The van der Waals surface area contributed by atoms with Gasteiger partial charge >= 0.3 is 6.09 Å². The Balaban J connectivity index is 1.58. The Hall–Kier alpha value is -1.30. The SMILES string of the molecule is CN1CCC[C@]2(CCN(C(=O)[C@H]3CCN3C(=O)OC(C)(C)C)C2)C1. The zero-order chi connectivity index (χ0) is 17.5. The first kappa shape index (κ1) is 17.5. The summed E-state index contributed by atoms with van der Waals surface area (Å²) < 4.78 is 5.42. The number of ether oxygens (including phenoxy) is 1. The molecule has 2 amide bonds. The number of rotatable bonds is 1. The molecule has 3 aliphatic heterocycles. The zero-order valence-electron chi connectivity index (χ0n) is 15.5. The summed E-state index contributed by atoms with van der Waals surface area (Å²) in [6, 6.07) is -0.323. The molecule has 3 heterocycles. The van der Waals surface area contributed by atoms with E-state index in [0.717, 1.165) is 39.0 Å². The minimum absolute atomic E-state index is 0.109. The maximum atomic E-state index is 12.9. The highest BCUT2D eigenvalue weighted by Gasteiger charge is 2.47. The molecular formula is C18H31N3O3. The highest BCUT2D eigenvalue weighted by atomic mass is 16.6. The Kier molecular flexibility index (Phi) is 4.53. The van der Waals surface area contributed by atoms with E-state index in [0.29, 0.717) is 6.54 Å². The first-order valence-electron chi connectivity index (χ1n) is 9.16. The molecule has 0 radical (unpaired) electrons. The van der Waals surface area contributed by atoms with Gasteiger partial charge in [0.25, 0.3) is 0 Å². The molecule has 3 aliphatic rings. The fraction of sp³-hybridized carbons (Fsp3) is 0.889. The fourth-order valence-corrected chi connectivity index (χ4v) is 4.30. The number of piperidine rings is 1. The Labute approximate surface area is 145 Å². The van der Waals surface area contributed by atoms with Crippen LogP contribution in [0.4, 0.5) is 4.79 Å². The predicted molar refractivity (Wildman–Crippen MR) is 91.7 cm³/mol. The maximum absolute atomic E-state index is 12.9. The van der Waals surface area contributed by atoms with Crippen LogP contribution < -0.4 is 0 Å². The lowest BCUT2D eigenvalue weighted by Crippen LogP contribution is -2.59. The van der Waals surface area contributed by atoms with E-state index in [9.17, 15) is 9.59 Å². The van der Waals surface area contributed by atoms with E-state index in [1.165, 1.54) is 12.8 Å². The summed E-state index contributed by atoms with van der Waals surface area (Å²) in [6.45, 7) is 10.1. The van der Waals surface area contributed by atoms with Crippen molar-refractivity contribution in [2.45, 2.75) is 58.1 Å². The summed E-state index contributed by atoms with van der Waals surface area (Å²) in [5.41, 5.74) is -0.256. The second-order valence-electron chi connectivity index (χ2n) is 8.83. The van der Waals surface area contributed by atoms with Crippen LogP contribution in [0.15, 0.2) is 0 Å². The van der Waals surface area contributed by atoms with Crippen molar-refractivity contribution in [2.24, 2.45) is 5.41 Å². The molecule has 0 N–H and O–H groups in total. The number of likely N-dealkylation sites (tertiary alicyclic amines) is 3. The average molecular weight is 337 g/mol. The molecule has 6 nitrogen and oxygen atoms in total. The van der Waals surface area contributed by atoms with E-state index in [4.69, 9.17) is 4.74 Å². The van der Waals surface area contributed by atoms with E-state index in [1.807, 2.05) is 25.7 Å². The zero-order valence-corrected chi connectivity index (χ0v) is 15.5. The van der Waals surface area contributed by atoms with E-state index in [-0.39, 0.29) is 23.5 Å². The lowest BCUT2D eigenvalue weighted by molar-refractivity contribution is -0.140. The summed E-state index contributed by atoms with van der Waals surface area (Å²) in [7, 11) is 2.17. The lowest BCUT2D eigenvalue weighted by Gasteiger charge is -2.42. The number of amides is 2. The van der Waals surface area contributed by atoms with Gasteiger partial charge in [-0.25, -0.2) is 4.79 Å². The van der Waals surface area contributed by atoms with Crippen molar-refractivity contribution in [3.05, 3.63) is 0 Å². The smallest absolute Gasteiger partial charge is 0.410 e. The second kappa shape index (κ2) is 6.21. The van der Waals surface area contributed by atoms with Gasteiger partial charge in [-0.05, 0) is 60.0 Å². The first-order valence-corrected chi connectivity index (χ1v) is 9.16. The Morgan fingerprint density at radius 2 is 1.83 bits per heavy atom.